The van der Waals surface area contributed by atoms with Gasteiger partial charge in [0, 0.05) is 55.7 Å². The van der Waals surface area contributed by atoms with E-state index in [-0.39, 0.29) is 31.9 Å². The molecule has 0 saturated heterocycles. The van der Waals surface area contributed by atoms with E-state index in [1.807, 2.05) is 12.3 Å². The molecule has 1 aliphatic heterocycles. The molecule has 0 amide bonds. The SMILES string of the molecule is CC(C)(C)c1cc(Oc2[c-]c3c(cc2)c2ccccc2n3-c2cc(C(C)(C)C)ccn2)[c-]c(N2[CH-]N(CCCc3c(-c4ccccc4)cccc3-c3ccccc3)c3ccccc32)c1.[Pt]. The maximum Gasteiger partial charge on any atom is 0.135 e. The molecule has 0 saturated carbocycles. The number of hydrogen-bond donors (Lipinski definition) is 0. The first kappa shape index (κ1) is 43.8. The topological polar surface area (TPSA) is 33.5 Å². The number of nitrogens with zero attached hydrogens (tertiary/aromatic N) is 4. The van der Waals surface area contributed by atoms with E-state index in [0.717, 1.165) is 63.9 Å². The number of para-hydroxylation sites is 3. The second-order valence-corrected chi connectivity index (χ2v) is 18.9. The summed E-state index contributed by atoms with van der Waals surface area (Å²) in [5.41, 5.74) is 13.9. The Morgan fingerprint density at radius 3 is 1.92 bits per heavy atom. The normalized spacial score (nSPS) is 12.7. The van der Waals surface area contributed by atoms with Crippen LogP contribution in [0.25, 0.3) is 49.9 Å². The van der Waals surface area contributed by atoms with Crippen LogP contribution in [0.15, 0.2) is 170 Å². The zero-order chi connectivity index (χ0) is 44.0. The van der Waals surface area contributed by atoms with Crippen molar-refractivity contribution in [2.75, 3.05) is 16.3 Å². The van der Waals surface area contributed by atoms with Crippen LogP contribution < -0.4 is 14.5 Å². The predicted octanol–water partition coefficient (Wildman–Crippen LogP) is 15.2. The number of ether oxygens (including phenoxy) is 1. The maximum atomic E-state index is 6.81. The summed E-state index contributed by atoms with van der Waals surface area (Å²) < 4.78 is 9.02. The van der Waals surface area contributed by atoms with Crippen molar-refractivity contribution in [3.8, 4) is 39.6 Å². The van der Waals surface area contributed by atoms with Crippen molar-refractivity contribution in [3.63, 3.8) is 0 Å². The van der Waals surface area contributed by atoms with E-state index in [1.54, 1.807) is 0 Å². The van der Waals surface area contributed by atoms with Crippen molar-refractivity contribution >= 4 is 38.9 Å². The Morgan fingerprint density at radius 2 is 1.23 bits per heavy atom. The minimum absolute atomic E-state index is 0. The average Bonchev–Trinajstić information content (AvgIpc) is 3.84. The van der Waals surface area contributed by atoms with Crippen LogP contribution in [-0.4, -0.2) is 16.1 Å². The first-order valence-electron chi connectivity index (χ1n) is 22.4. The van der Waals surface area contributed by atoms with Crippen molar-refractivity contribution in [2.45, 2.75) is 65.2 Å². The molecular formula is C59H53N4OPt-3. The van der Waals surface area contributed by atoms with Gasteiger partial charge < -0.3 is 19.1 Å². The van der Waals surface area contributed by atoms with Gasteiger partial charge in [0.2, 0.25) is 0 Å². The number of fused-ring (bicyclic) bond motifs is 4. The summed E-state index contributed by atoms with van der Waals surface area (Å²) in [5, 5.41) is 2.25. The van der Waals surface area contributed by atoms with E-state index in [0.29, 0.717) is 11.5 Å². The largest absolute Gasteiger partial charge is 0.509 e. The van der Waals surface area contributed by atoms with Crippen molar-refractivity contribution in [3.05, 3.63) is 205 Å². The Kier molecular flexibility index (Phi) is 12.0. The van der Waals surface area contributed by atoms with Gasteiger partial charge in [-0.2, -0.15) is 12.7 Å². The van der Waals surface area contributed by atoms with Crippen LogP contribution in [0.2, 0.25) is 0 Å². The van der Waals surface area contributed by atoms with E-state index in [1.165, 1.54) is 39.1 Å². The fourth-order valence-corrected chi connectivity index (χ4v) is 9.05. The quantitative estimate of drug-likeness (QED) is 0.128. The number of benzene rings is 7. The summed E-state index contributed by atoms with van der Waals surface area (Å²) in [7, 11) is 0. The van der Waals surface area contributed by atoms with Gasteiger partial charge in [0.05, 0.1) is 0 Å². The summed E-state index contributed by atoms with van der Waals surface area (Å²) in [6, 6.07) is 65.7. The van der Waals surface area contributed by atoms with E-state index in [9.17, 15) is 0 Å². The van der Waals surface area contributed by atoms with Crippen LogP contribution in [0.1, 0.15) is 64.7 Å². The van der Waals surface area contributed by atoms with Gasteiger partial charge in [-0.25, -0.2) is 4.98 Å². The van der Waals surface area contributed by atoms with E-state index >= 15 is 0 Å². The van der Waals surface area contributed by atoms with Gasteiger partial charge in [-0.3, -0.25) is 0 Å². The van der Waals surface area contributed by atoms with E-state index < -0.39 is 0 Å². The molecule has 0 aliphatic carbocycles. The standard InChI is InChI=1S/C59H53N4O.Pt/c1-58(2,3)43-32-33-60-57(37-43)63-53-27-14-13-23-51(53)52-31-30-46(39-56(52)63)64-47-36-44(59(4,5)6)35-45(38-47)62-40-61(54-28-15-16-29-55(54)62)34-18-26-50-48(41-19-9-7-10-20-41)24-17-25-49(50)42-21-11-8-12-22-42;/h7-17,19-25,27-33,35-37,40H,18,26,34H2,1-6H3;/q-3;. The van der Waals surface area contributed by atoms with Gasteiger partial charge in [-0.05, 0) is 99.3 Å². The van der Waals surface area contributed by atoms with Crippen LogP contribution >= 0.6 is 0 Å². The third-order valence-electron chi connectivity index (χ3n) is 12.4. The molecule has 0 unspecified atom stereocenters. The zero-order valence-electron chi connectivity index (χ0n) is 37.9. The van der Waals surface area contributed by atoms with Gasteiger partial charge in [0.15, 0.2) is 0 Å². The predicted molar refractivity (Wildman–Crippen MR) is 266 cm³/mol. The Morgan fingerprint density at radius 1 is 0.585 bits per heavy atom. The van der Waals surface area contributed by atoms with Gasteiger partial charge in [0.1, 0.15) is 5.82 Å². The van der Waals surface area contributed by atoms with Crippen molar-refractivity contribution in [1.29, 1.82) is 0 Å². The summed E-state index contributed by atoms with van der Waals surface area (Å²) in [5.74, 6) is 2.12. The smallest absolute Gasteiger partial charge is 0.135 e. The maximum absolute atomic E-state index is 6.81. The molecule has 65 heavy (non-hydrogen) atoms. The number of aromatic nitrogens is 2. The third kappa shape index (κ3) is 8.75. The molecule has 0 fully saturated rings. The first-order valence-corrected chi connectivity index (χ1v) is 22.4. The Bertz CT molecular complexity index is 3070. The van der Waals surface area contributed by atoms with E-state index in [4.69, 9.17) is 9.72 Å². The average molecular weight is 1030 g/mol. The Hall–Kier alpha value is -6.42. The molecule has 0 bridgehead atoms. The van der Waals surface area contributed by atoms with Crippen molar-refractivity contribution in [2.24, 2.45) is 0 Å². The number of rotatable bonds is 10. The van der Waals surface area contributed by atoms with Crippen LogP contribution in [-0.2, 0) is 38.3 Å². The summed E-state index contributed by atoms with van der Waals surface area (Å²) in [6.07, 6.45) is 3.81. The second-order valence-electron chi connectivity index (χ2n) is 18.9. The molecule has 7 aromatic carbocycles. The van der Waals surface area contributed by atoms with Gasteiger partial charge in [-0.15, -0.1) is 47.0 Å². The van der Waals surface area contributed by atoms with Crippen LogP contribution in [0.3, 0.4) is 0 Å². The molecule has 0 spiro atoms. The van der Waals surface area contributed by atoms with Crippen molar-refractivity contribution < 1.29 is 25.8 Å². The summed E-state index contributed by atoms with van der Waals surface area (Å²) in [6.45, 7) is 16.5. The molecule has 6 heteroatoms. The molecular weight excluding hydrogens is 976 g/mol. The molecule has 0 N–H and O–H groups in total. The fraction of sp³-hybridized carbons (Fsp3) is 0.186. The fourth-order valence-electron chi connectivity index (χ4n) is 9.05. The van der Waals surface area contributed by atoms with Gasteiger partial charge in [-0.1, -0.05) is 156 Å². The number of hydrogen-bond acceptors (Lipinski definition) is 4. The monoisotopic (exact) mass is 1030 g/mol. The summed E-state index contributed by atoms with van der Waals surface area (Å²) in [4.78, 5) is 9.54. The number of pyridine rings is 1. The summed E-state index contributed by atoms with van der Waals surface area (Å²) >= 11 is 0. The van der Waals surface area contributed by atoms with E-state index in [2.05, 4.69) is 232 Å². The van der Waals surface area contributed by atoms with Crippen LogP contribution in [0.4, 0.5) is 17.1 Å². The molecule has 328 valence electrons. The molecule has 0 atom stereocenters. The second kappa shape index (κ2) is 17.9. The molecule has 0 radical (unpaired) electrons. The third-order valence-corrected chi connectivity index (χ3v) is 12.4. The van der Waals surface area contributed by atoms with Crippen LogP contribution in [0, 0.1) is 18.8 Å². The first-order chi connectivity index (χ1) is 31.0. The molecule has 5 nitrogen and oxygen atoms in total. The molecule has 3 heterocycles. The molecule has 9 aromatic rings. The Balaban J connectivity index is 0.00000533. The number of anilines is 3. The van der Waals surface area contributed by atoms with Gasteiger partial charge >= 0.3 is 0 Å². The van der Waals surface area contributed by atoms with Crippen molar-refractivity contribution in [1.82, 2.24) is 9.55 Å². The van der Waals surface area contributed by atoms with Crippen LogP contribution in [0.5, 0.6) is 11.5 Å². The Labute approximate surface area is 398 Å². The molecule has 10 rings (SSSR count). The molecule has 1 aliphatic rings. The zero-order valence-corrected chi connectivity index (χ0v) is 40.2. The minimum atomic E-state index is -0.146. The van der Waals surface area contributed by atoms with Gasteiger partial charge in [0.25, 0.3) is 0 Å². The minimum Gasteiger partial charge on any atom is -0.509 e. The molecule has 2 aromatic heterocycles.